The van der Waals surface area contributed by atoms with Crippen LogP contribution in [0.2, 0.25) is 5.02 Å². The first-order valence-corrected chi connectivity index (χ1v) is 11.2. The van der Waals surface area contributed by atoms with E-state index in [-0.39, 0.29) is 36.9 Å². The maximum atomic E-state index is 14.0. The number of methoxy groups -OCH3 is 2. The van der Waals surface area contributed by atoms with Crippen LogP contribution in [0.3, 0.4) is 0 Å². The zero-order valence-corrected chi connectivity index (χ0v) is 18.4. The monoisotopic (exact) mass is 474 g/mol. The lowest BCUT2D eigenvalue weighted by molar-refractivity contribution is -0.120. The van der Waals surface area contributed by atoms with Crippen LogP contribution >= 0.6 is 11.6 Å². The highest BCUT2D eigenvalue weighted by molar-refractivity contribution is 7.89. The molecule has 1 saturated heterocycles. The molecule has 1 N–H and O–H groups in total. The van der Waals surface area contributed by atoms with Gasteiger partial charge in [0.25, 0.3) is 0 Å². The van der Waals surface area contributed by atoms with Crippen LogP contribution in [0.1, 0.15) is 12.8 Å². The van der Waals surface area contributed by atoms with Gasteiger partial charge in [-0.2, -0.15) is 4.31 Å². The SMILES string of the molecule is COc1cc(OC)c(NC(=O)C2CCN(S(=O)(=O)c3cc(F)ccc3F)CC2)cc1Cl. The van der Waals surface area contributed by atoms with Crippen LogP contribution < -0.4 is 14.8 Å². The van der Waals surface area contributed by atoms with E-state index in [1.807, 2.05) is 0 Å². The normalized spacial score (nSPS) is 15.5. The fourth-order valence-corrected chi connectivity index (χ4v) is 5.15. The Morgan fingerprint density at radius 2 is 1.74 bits per heavy atom. The van der Waals surface area contributed by atoms with Crippen molar-refractivity contribution in [2.45, 2.75) is 17.7 Å². The Kier molecular flexibility index (Phi) is 7.03. The number of halogens is 3. The molecule has 31 heavy (non-hydrogen) atoms. The van der Waals surface area contributed by atoms with Crippen molar-refractivity contribution in [3.63, 3.8) is 0 Å². The molecule has 0 aromatic heterocycles. The molecule has 0 bridgehead atoms. The quantitative estimate of drug-likeness (QED) is 0.690. The van der Waals surface area contributed by atoms with Crippen LogP contribution in [0.15, 0.2) is 35.2 Å². The summed E-state index contributed by atoms with van der Waals surface area (Å²) >= 11 is 6.12. The van der Waals surface area contributed by atoms with Crippen LogP contribution in [-0.2, 0) is 14.8 Å². The minimum atomic E-state index is -4.21. The van der Waals surface area contributed by atoms with Crippen LogP contribution in [0, 0.1) is 17.6 Å². The van der Waals surface area contributed by atoms with E-state index in [1.54, 1.807) is 6.07 Å². The van der Waals surface area contributed by atoms with Crippen molar-refractivity contribution < 1.29 is 31.5 Å². The van der Waals surface area contributed by atoms with Gasteiger partial charge >= 0.3 is 0 Å². The first-order chi connectivity index (χ1) is 14.7. The van der Waals surface area contributed by atoms with Gasteiger partial charge in [-0.05, 0) is 37.1 Å². The van der Waals surface area contributed by atoms with Crippen molar-refractivity contribution in [3.8, 4) is 11.5 Å². The minimum Gasteiger partial charge on any atom is -0.495 e. The lowest BCUT2D eigenvalue weighted by Gasteiger charge is -2.30. The lowest BCUT2D eigenvalue weighted by Crippen LogP contribution is -2.41. The number of anilines is 1. The van der Waals surface area contributed by atoms with Gasteiger partial charge in [-0.15, -0.1) is 0 Å². The summed E-state index contributed by atoms with van der Waals surface area (Å²) in [7, 11) is -1.32. The first kappa shape index (κ1) is 23.2. The van der Waals surface area contributed by atoms with Gasteiger partial charge in [-0.25, -0.2) is 17.2 Å². The van der Waals surface area contributed by atoms with E-state index < -0.39 is 32.5 Å². The van der Waals surface area contributed by atoms with E-state index >= 15 is 0 Å². The summed E-state index contributed by atoms with van der Waals surface area (Å²) in [4.78, 5) is 12.0. The van der Waals surface area contributed by atoms with Crippen molar-refractivity contribution in [2.75, 3.05) is 32.6 Å². The summed E-state index contributed by atoms with van der Waals surface area (Å²) in [6.07, 6.45) is 0.433. The van der Waals surface area contributed by atoms with Crippen molar-refractivity contribution in [1.82, 2.24) is 4.31 Å². The molecular weight excluding hydrogens is 454 g/mol. The van der Waals surface area contributed by atoms with E-state index in [0.29, 0.717) is 23.3 Å². The molecular formula is C20H21ClF2N2O5S. The summed E-state index contributed by atoms with van der Waals surface area (Å²) in [5, 5.41) is 3.03. The van der Waals surface area contributed by atoms with Gasteiger partial charge in [0, 0.05) is 25.1 Å². The molecule has 11 heteroatoms. The Morgan fingerprint density at radius 1 is 1.10 bits per heavy atom. The Morgan fingerprint density at radius 3 is 2.35 bits per heavy atom. The molecule has 3 rings (SSSR count). The molecule has 1 aliphatic rings. The maximum absolute atomic E-state index is 14.0. The van der Waals surface area contributed by atoms with Crippen LogP contribution in [0.5, 0.6) is 11.5 Å². The van der Waals surface area contributed by atoms with Gasteiger partial charge in [0.15, 0.2) is 0 Å². The average molecular weight is 475 g/mol. The zero-order chi connectivity index (χ0) is 22.8. The summed E-state index contributed by atoms with van der Waals surface area (Å²) in [5.74, 6) is -1.93. The highest BCUT2D eigenvalue weighted by Crippen LogP contribution is 2.36. The number of piperidine rings is 1. The molecule has 0 saturated carbocycles. The Balaban J connectivity index is 1.69. The molecule has 1 heterocycles. The standard InChI is InChI=1S/C20H21ClF2N2O5S/c1-29-17-11-18(30-2)16(10-14(17)21)24-20(26)12-5-7-25(8-6-12)31(27,28)19-9-13(22)3-4-15(19)23/h3-4,9-12H,5-8H2,1-2H3,(H,24,26). The number of amides is 1. The van der Waals surface area contributed by atoms with Crippen LogP contribution in [0.25, 0.3) is 0 Å². The Bertz CT molecular complexity index is 1090. The number of ether oxygens (including phenoxy) is 2. The highest BCUT2D eigenvalue weighted by atomic mass is 35.5. The van der Waals surface area contributed by atoms with Gasteiger partial charge in [0.2, 0.25) is 15.9 Å². The number of nitrogens with zero attached hydrogens (tertiary/aromatic N) is 1. The second-order valence-corrected chi connectivity index (χ2v) is 9.24. The Labute approximate surface area is 183 Å². The molecule has 7 nitrogen and oxygen atoms in total. The molecule has 0 radical (unpaired) electrons. The third kappa shape index (κ3) is 4.91. The lowest BCUT2D eigenvalue weighted by atomic mass is 9.97. The number of nitrogens with one attached hydrogen (secondary N) is 1. The predicted octanol–water partition coefficient (Wildman–Crippen LogP) is 3.67. The number of benzene rings is 2. The smallest absolute Gasteiger partial charge is 0.246 e. The maximum Gasteiger partial charge on any atom is 0.246 e. The molecule has 0 atom stereocenters. The zero-order valence-electron chi connectivity index (χ0n) is 16.8. The third-order valence-electron chi connectivity index (χ3n) is 5.07. The molecule has 2 aromatic carbocycles. The topological polar surface area (TPSA) is 84.9 Å². The summed E-state index contributed by atoms with van der Waals surface area (Å²) in [6, 6.07) is 5.33. The van der Waals surface area contributed by atoms with Gasteiger partial charge < -0.3 is 14.8 Å². The van der Waals surface area contributed by atoms with Gasteiger partial charge in [-0.1, -0.05) is 11.6 Å². The number of carbonyl (C=O) groups excluding carboxylic acids is 1. The highest BCUT2D eigenvalue weighted by Gasteiger charge is 2.34. The van der Waals surface area contributed by atoms with E-state index in [1.165, 1.54) is 20.3 Å². The van der Waals surface area contributed by atoms with Gasteiger partial charge in [-0.3, -0.25) is 4.79 Å². The van der Waals surface area contributed by atoms with Crippen molar-refractivity contribution in [3.05, 3.63) is 47.0 Å². The van der Waals surface area contributed by atoms with E-state index in [0.717, 1.165) is 16.4 Å². The number of hydrogen-bond donors (Lipinski definition) is 1. The van der Waals surface area contributed by atoms with E-state index in [2.05, 4.69) is 5.32 Å². The molecule has 2 aromatic rings. The summed E-state index contributed by atoms with van der Waals surface area (Å²) in [6.45, 7) is -0.00620. The second kappa shape index (κ2) is 9.37. The molecule has 1 aliphatic heterocycles. The fourth-order valence-electron chi connectivity index (χ4n) is 3.36. The van der Waals surface area contributed by atoms with E-state index in [9.17, 15) is 22.0 Å². The molecule has 1 fully saturated rings. The van der Waals surface area contributed by atoms with Gasteiger partial charge in [0.1, 0.15) is 28.0 Å². The predicted molar refractivity (Wildman–Crippen MR) is 111 cm³/mol. The van der Waals surface area contributed by atoms with Crippen LogP contribution in [0.4, 0.5) is 14.5 Å². The fraction of sp³-hybridized carbons (Fsp3) is 0.350. The molecule has 0 aliphatic carbocycles. The molecule has 0 spiro atoms. The first-order valence-electron chi connectivity index (χ1n) is 9.35. The summed E-state index contributed by atoms with van der Waals surface area (Å²) in [5.41, 5.74) is 0.357. The second-order valence-electron chi connectivity index (χ2n) is 6.93. The Hall–Kier alpha value is -2.43. The van der Waals surface area contributed by atoms with Crippen molar-refractivity contribution in [2.24, 2.45) is 5.92 Å². The molecule has 168 valence electrons. The number of rotatable bonds is 6. The van der Waals surface area contributed by atoms with Crippen molar-refractivity contribution >= 4 is 33.2 Å². The molecule has 1 amide bonds. The third-order valence-corrected chi connectivity index (χ3v) is 7.28. The van der Waals surface area contributed by atoms with Gasteiger partial charge in [0.05, 0.1) is 24.9 Å². The number of sulfonamides is 1. The molecule has 0 unspecified atom stereocenters. The largest absolute Gasteiger partial charge is 0.495 e. The van der Waals surface area contributed by atoms with Crippen LogP contribution in [-0.4, -0.2) is 45.9 Å². The summed E-state index contributed by atoms with van der Waals surface area (Å²) < 4.78 is 64.2. The van der Waals surface area contributed by atoms with E-state index in [4.69, 9.17) is 21.1 Å². The van der Waals surface area contributed by atoms with Crippen molar-refractivity contribution in [1.29, 1.82) is 0 Å². The number of hydrogen-bond acceptors (Lipinski definition) is 5. The number of carbonyl (C=O) groups is 1. The minimum absolute atomic E-state index is 0.00310. The average Bonchev–Trinajstić information content (AvgIpc) is 2.75.